The molecule has 0 saturated heterocycles. The molecule has 6 nitrogen and oxygen atoms in total. The van der Waals surface area contributed by atoms with Crippen LogP contribution in [-0.4, -0.2) is 33.0 Å². The molecule has 0 unspecified atom stereocenters. The second-order valence-corrected chi connectivity index (χ2v) is 9.92. The number of amidine groups is 1. The van der Waals surface area contributed by atoms with Gasteiger partial charge in [0.15, 0.2) is 16.8 Å². The van der Waals surface area contributed by atoms with Crippen LogP contribution in [0.1, 0.15) is 35.6 Å². The van der Waals surface area contributed by atoms with Crippen LogP contribution in [0.25, 0.3) is 0 Å². The highest BCUT2D eigenvalue weighted by molar-refractivity contribution is 8.15. The van der Waals surface area contributed by atoms with Crippen LogP contribution in [-0.2, 0) is 9.59 Å². The Balaban J connectivity index is 1.34. The second kappa shape index (κ2) is 10.2. The summed E-state index contributed by atoms with van der Waals surface area (Å²) in [7, 11) is 0. The number of hydrogen-bond acceptors (Lipinski definition) is 5. The van der Waals surface area contributed by atoms with Crippen molar-refractivity contribution in [1.82, 2.24) is 5.01 Å². The standard InChI is InChI=1S/C27H21F3N4O2S/c1-15-2-4-16(5-3-15)22-13-23(17-6-8-18(28)9-7-17)34(33-22)27-32-26(36)24(37-27)14-25(35)31-19-10-11-20(29)21(30)12-19/h2-12,23-24H,13-14H2,1H3,(H,31,35)/t23-,24-/m1/s1. The summed E-state index contributed by atoms with van der Waals surface area (Å²) in [6.45, 7) is 1.99. The van der Waals surface area contributed by atoms with Crippen LogP contribution in [0.5, 0.6) is 0 Å². The summed E-state index contributed by atoms with van der Waals surface area (Å²) in [6.07, 6.45) is 0.308. The number of carbonyl (C=O) groups is 2. The molecule has 0 bridgehead atoms. The molecular weight excluding hydrogens is 501 g/mol. The maximum atomic E-state index is 13.6. The van der Waals surface area contributed by atoms with Crippen LogP contribution >= 0.6 is 11.8 Å². The molecule has 0 fully saturated rings. The SMILES string of the molecule is Cc1ccc(C2=NN(C3=NC(=O)[C@@H](CC(=O)Nc4ccc(F)c(F)c4)S3)[C@@H](c3ccc(F)cc3)C2)cc1. The van der Waals surface area contributed by atoms with E-state index in [1.807, 2.05) is 31.2 Å². The van der Waals surface area contributed by atoms with E-state index in [4.69, 9.17) is 5.10 Å². The highest BCUT2D eigenvalue weighted by atomic mass is 32.2. The summed E-state index contributed by atoms with van der Waals surface area (Å²) in [5.41, 5.74) is 3.73. The second-order valence-electron chi connectivity index (χ2n) is 8.75. The van der Waals surface area contributed by atoms with Crippen LogP contribution in [0.4, 0.5) is 18.9 Å². The van der Waals surface area contributed by atoms with Crippen molar-refractivity contribution in [3.8, 4) is 0 Å². The molecule has 10 heteroatoms. The molecule has 2 aliphatic heterocycles. The number of benzene rings is 3. The Labute approximate surface area is 215 Å². The maximum absolute atomic E-state index is 13.6. The number of hydrazone groups is 1. The van der Waals surface area contributed by atoms with Gasteiger partial charge in [0.05, 0.1) is 11.8 Å². The molecule has 0 aliphatic carbocycles. The predicted molar refractivity (Wildman–Crippen MR) is 137 cm³/mol. The minimum Gasteiger partial charge on any atom is -0.326 e. The quantitative estimate of drug-likeness (QED) is 0.474. The van der Waals surface area contributed by atoms with Crippen molar-refractivity contribution >= 4 is 40.1 Å². The van der Waals surface area contributed by atoms with E-state index >= 15 is 0 Å². The fraction of sp³-hybridized carbons (Fsp3) is 0.185. The van der Waals surface area contributed by atoms with Crippen molar-refractivity contribution in [2.45, 2.75) is 31.1 Å². The van der Waals surface area contributed by atoms with Gasteiger partial charge < -0.3 is 5.32 Å². The first-order valence-corrected chi connectivity index (χ1v) is 12.4. The molecule has 0 saturated carbocycles. The molecule has 5 rings (SSSR count). The number of carbonyl (C=O) groups excluding carboxylic acids is 2. The van der Waals surface area contributed by atoms with E-state index in [1.54, 1.807) is 17.1 Å². The fourth-order valence-electron chi connectivity index (χ4n) is 4.11. The summed E-state index contributed by atoms with van der Waals surface area (Å²) >= 11 is 1.11. The molecule has 2 heterocycles. The number of aliphatic imine (C=N–C) groups is 1. The Kier molecular flexibility index (Phi) is 6.84. The Morgan fingerprint density at radius 3 is 2.46 bits per heavy atom. The van der Waals surface area contributed by atoms with E-state index in [1.165, 1.54) is 18.2 Å². The first-order chi connectivity index (χ1) is 17.8. The number of anilines is 1. The van der Waals surface area contributed by atoms with Crippen LogP contribution in [0, 0.1) is 24.4 Å². The predicted octanol–water partition coefficient (Wildman–Crippen LogP) is 5.59. The van der Waals surface area contributed by atoms with Gasteiger partial charge in [-0.1, -0.05) is 53.7 Å². The van der Waals surface area contributed by atoms with Gasteiger partial charge in [0.2, 0.25) is 5.91 Å². The third-order valence-electron chi connectivity index (χ3n) is 6.05. The zero-order chi connectivity index (χ0) is 26.1. The lowest BCUT2D eigenvalue weighted by atomic mass is 9.98. The zero-order valence-electron chi connectivity index (χ0n) is 19.6. The molecule has 0 spiro atoms. The Hall–Kier alpha value is -3.92. The van der Waals surface area contributed by atoms with E-state index < -0.39 is 28.7 Å². The summed E-state index contributed by atoms with van der Waals surface area (Å²) in [6, 6.07) is 16.7. The average molecular weight is 523 g/mol. The normalized spacial score (nSPS) is 19.1. The van der Waals surface area contributed by atoms with Crippen LogP contribution in [0.15, 0.2) is 76.8 Å². The average Bonchev–Trinajstić information content (AvgIpc) is 3.46. The zero-order valence-corrected chi connectivity index (χ0v) is 20.4. The van der Waals surface area contributed by atoms with Crippen molar-refractivity contribution in [3.05, 3.63) is 101 Å². The molecule has 1 N–H and O–H groups in total. The van der Waals surface area contributed by atoms with Crippen molar-refractivity contribution < 1.29 is 22.8 Å². The molecule has 0 aromatic heterocycles. The third kappa shape index (κ3) is 5.43. The summed E-state index contributed by atoms with van der Waals surface area (Å²) in [5.74, 6) is -3.49. The van der Waals surface area contributed by atoms with Gasteiger partial charge in [0, 0.05) is 24.6 Å². The first-order valence-electron chi connectivity index (χ1n) is 11.5. The van der Waals surface area contributed by atoms with Gasteiger partial charge in [0.1, 0.15) is 11.1 Å². The molecule has 188 valence electrons. The van der Waals surface area contributed by atoms with Gasteiger partial charge >= 0.3 is 0 Å². The number of nitrogens with one attached hydrogen (secondary N) is 1. The van der Waals surface area contributed by atoms with Gasteiger partial charge in [-0.2, -0.15) is 10.1 Å². The van der Waals surface area contributed by atoms with E-state index in [9.17, 15) is 22.8 Å². The minimum absolute atomic E-state index is 0.0868. The Morgan fingerprint density at radius 1 is 1.03 bits per heavy atom. The number of aryl methyl sites for hydroxylation is 1. The topological polar surface area (TPSA) is 74.1 Å². The van der Waals surface area contributed by atoms with E-state index in [-0.39, 0.29) is 24.0 Å². The van der Waals surface area contributed by atoms with Crippen LogP contribution < -0.4 is 5.32 Å². The highest BCUT2D eigenvalue weighted by Gasteiger charge is 2.39. The number of hydrogen-bond donors (Lipinski definition) is 1. The maximum Gasteiger partial charge on any atom is 0.262 e. The molecule has 0 radical (unpaired) electrons. The van der Waals surface area contributed by atoms with Crippen molar-refractivity contribution in [2.24, 2.45) is 10.1 Å². The summed E-state index contributed by atoms with van der Waals surface area (Å²) < 4.78 is 40.2. The lowest BCUT2D eigenvalue weighted by molar-refractivity contribution is -0.121. The first kappa shape index (κ1) is 24.8. The van der Waals surface area contributed by atoms with Gasteiger partial charge in [-0.05, 0) is 42.3 Å². The lowest BCUT2D eigenvalue weighted by Crippen LogP contribution is -2.25. The van der Waals surface area contributed by atoms with E-state index in [2.05, 4.69) is 10.3 Å². The molecule has 3 aromatic carbocycles. The van der Waals surface area contributed by atoms with Crippen molar-refractivity contribution in [3.63, 3.8) is 0 Å². The number of rotatable bonds is 5. The highest BCUT2D eigenvalue weighted by Crippen LogP contribution is 2.38. The molecule has 3 aromatic rings. The molecule has 37 heavy (non-hydrogen) atoms. The number of thioether (sulfide) groups is 1. The van der Waals surface area contributed by atoms with E-state index in [0.29, 0.717) is 11.6 Å². The molecular formula is C27H21F3N4O2S. The van der Waals surface area contributed by atoms with Gasteiger partial charge in [0.25, 0.3) is 5.91 Å². The molecule has 2 aliphatic rings. The van der Waals surface area contributed by atoms with Gasteiger partial charge in [-0.15, -0.1) is 0 Å². The lowest BCUT2D eigenvalue weighted by Gasteiger charge is -2.23. The number of amides is 2. The monoisotopic (exact) mass is 522 g/mol. The fourth-order valence-corrected chi connectivity index (χ4v) is 5.17. The Morgan fingerprint density at radius 2 is 1.76 bits per heavy atom. The van der Waals surface area contributed by atoms with Gasteiger partial charge in [-0.3, -0.25) is 9.59 Å². The third-order valence-corrected chi connectivity index (χ3v) is 7.19. The summed E-state index contributed by atoms with van der Waals surface area (Å²) in [5, 5.41) is 8.43. The van der Waals surface area contributed by atoms with Crippen molar-refractivity contribution in [1.29, 1.82) is 0 Å². The number of nitrogens with zero attached hydrogens (tertiary/aromatic N) is 3. The Bertz CT molecular complexity index is 1420. The molecule has 2 atom stereocenters. The van der Waals surface area contributed by atoms with Gasteiger partial charge in [-0.25, -0.2) is 18.2 Å². The van der Waals surface area contributed by atoms with Crippen LogP contribution in [0.3, 0.4) is 0 Å². The van der Waals surface area contributed by atoms with Crippen LogP contribution in [0.2, 0.25) is 0 Å². The minimum atomic E-state index is -1.09. The van der Waals surface area contributed by atoms with Crippen molar-refractivity contribution in [2.75, 3.05) is 5.32 Å². The number of halogens is 3. The smallest absolute Gasteiger partial charge is 0.262 e. The largest absolute Gasteiger partial charge is 0.326 e. The van der Waals surface area contributed by atoms with E-state index in [0.717, 1.165) is 46.3 Å². The summed E-state index contributed by atoms with van der Waals surface area (Å²) in [4.78, 5) is 29.4. The molecule has 2 amide bonds.